The van der Waals surface area contributed by atoms with E-state index in [4.69, 9.17) is 5.90 Å². The van der Waals surface area contributed by atoms with Gasteiger partial charge in [-0.1, -0.05) is 77.6 Å². The second kappa shape index (κ2) is 18.2. The van der Waals surface area contributed by atoms with Crippen molar-refractivity contribution in [3.8, 4) is 0 Å². The predicted molar refractivity (Wildman–Crippen MR) is 73.7 cm³/mol. The molecule has 0 saturated carbocycles. The lowest BCUT2D eigenvalue weighted by molar-refractivity contribution is 0.133. The Labute approximate surface area is 107 Å². The fourth-order valence-electron chi connectivity index (χ4n) is 2.03. The van der Waals surface area contributed by atoms with E-state index in [0.717, 1.165) is 13.0 Å². The van der Waals surface area contributed by atoms with Crippen molar-refractivity contribution in [2.24, 2.45) is 5.90 Å². The Balaban J connectivity index is 0. The molecule has 17 heavy (non-hydrogen) atoms. The van der Waals surface area contributed by atoms with E-state index in [2.05, 4.69) is 11.8 Å². The van der Waals surface area contributed by atoms with Crippen LogP contribution in [0.5, 0.6) is 0 Å². The zero-order valence-corrected chi connectivity index (χ0v) is 11.6. The van der Waals surface area contributed by atoms with Gasteiger partial charge in [0.05, 0.1) is 6.61 Å². The SMILES string of the molecule is CCCCCCCCCCCCCCON.F. The lowest BCUT2D eigenvalue weighted by atomic mass is 10.1. The molecule has 0 atom stereocenters. The Morgan fingerprint density at radius 2 is 1.00 bits per heavy atom. The van der Waals surface area contributed by atoms with E-state index in [1.807, 2.05) is 0 Å². The van der Waals surface area contributed by atoms with Crippen LogP contribution >= 0.6 is 0 Å². The van der Waals surface area contributed by atoms with Crippen LogP contribution in [0.3, 0.4) is 0 Å². The summed E-state index contributed by atoms with van der Waals surface area (Å²) in [5, 5.41) is 0. The highest BCUT2D eigenvalue weighted by Crippen LogP contribution is 2.11. The fourth-order valence-corrected chi connectivity index (χ4v) is 2.03. The standard InChI is InChI=1S/C14H31NO.FH/c1-2-3-4-5-6-7-8-9-10-11-12-13-14-16-15;/h2-15H2,1H3;1H. The second-order valence-corrected chi connectivity index (χ2v) is 4.76. The van der Waals surface area contributed by atoms with Gasteiger partial charge in [0.1, 0.15) is 0 Å². The van der Waals surface area contributed by atoms with E-state index in [-0.39, 0.29) is 4.70 Å². The molecule has 0 aliphatic rings. The Kier molecular flexibility index (Phi) is 20.6. The molecule has 0 aliphatic carbocycles. The molecule has 3 heteroatoms. The van der Waals surface area contributed by atoms with Gasteiger partial charge in [0.15, 0.2) is 0 Å². The third-order valence-electron chi connectivity index (χ3n) is 3.12. The van der Waals surface area contributed by atoms with Crippen molar-refractivity contribution < 1.29 is 9.54 Å². The van der Waals surface area contributed by atoms with Crippen LogP contribution in [0, 0.1) is 0 Å². The quantitative estimate of drug-likeness (QED) is 0.378. The van der Waals surface area contributed by atoms with Crippen LogP contribution in [0.4, 0.5) is 4.70 Å². The normalized spacial score (nSPS) is 10.2. The summed E-state index contributed by atoms with van der Waals surface area (Å²) in [7, 11) is 0. The maximum Gasteiger partial charge on any atom is 0.0679 e. The molecule has 0 heterocycles. The molecule has 0 aliphatic heterocycles. The molecule has 0 bridgehead atoms. The molecule has 0 aromatic rings. The van der Waals surface area contributed by atoms with Gasteiger partial charge in [-0.15, -0.1) is 0 Å². The minimum absolute atomic E-state index is 0. The lowest BCUT2D eigenvalue weighted by Crippen LogP contribution is -2.00. The number of rotatable bonds is 13. The highest BCUT2D eigenvalue weighted by atomic mass is 19.0. The summed E-state index contributed by atoms with van der Waals surface area (Å²) in [5.41, 5.74) is 0. The first-order valence-corrected chi connectivity index (χ1v) is 7.23. The van der Waals surface area contributed by atoms with Crippen LogP contribution < -0.4 is 5.90 Å². The van der Waals surface area contributed by atoms with Crippen molar-refractivity contribution in [3.63, 3.8) is 0 Å². The summed E-state index contributed by atoms with van der Waals surface area (Å²) in [6, 6.07) is 0. The summed E-state index contributed by atoms with van der Waals surface area (Å²) in [6.07, 6.45) is 16.5. The van der Waals surface area contributed by atoms with Crippen LogP contribution in [0.15, 0.2) is 0 Å². The van der Waals surface area contributed by atoms with Crippen LogP contribution in [-0.2, 0) is 4.84 Å². The van der Waals surface area contributed by atoms with E-state index in [9.17, 15) is 0 Å². The molecular formula is C14H32FNO. The fraction of sp³-hybridized carbons (Fsp3) is 1.00. The summed E-state index contributed by atoms with van der Waals surface area (Å²) >= 11 is 0. The molecule has 0 aromatic heterocycles. The smallest absolute Gasteiger partial charge is 0.0679 e. The number of hydrogen-bond acceptors (Lipinski definition) is 2. The van der Waals surface area contributed by atoms with Crippen LogP contribution in [0.2, 0.25) is 0 Å². The zero-order valence-electron chi connectivity index (χ0n) is 11.6. The zero-order chi connectivity index (χ0) is 11.9. The van der Waals surface area contributed by atoms with Gasteiger partial charge in [-0.2, -0.15) is 0 Å². The predicted octanol–water partition coefficient (Wildman–Crippen LogP) is 4.73. The van der Waals surface area contributed by atoms with Crippen LogP contribution in [-0.4, -0.2) is 6.61 Å². The Morgan fingerprint density at radius 3 is 1.35 bits per heavy atom. The van der Waals surface area contributed by atoms with E-state index in [1.54, 1.807) is 0 Å². The highest BCUT2D eigenvalue weighted by molar-refractivity contribution is 4.48. The van der Waals surface area contributed by atoms with Gasteiger partial charge in [-0.25, -0.2) is 5.90 Å². The summed E-state index contributed by atoms with van der Waals surface area (Å²) < 4.78 is 0. The van der Waals surface area contributed by atoms with Gasteiger partial charge in [-0.3, -0.25) is 4.70 Å². The molecule has 0 aromatic carbocycles. The third kappa shape index (κ3) is 18.4. The minimum atomic E-state index is 0. The molecule has 2 N–H and O–H groups in total. The van der Waals surface area contributed by atoms with Gasteiger partial charge < -0.3 is 4.84 Å². The van der Waals surface area contributed by atoms with E-state index < -0.39 is 0 Å². The van der Waals surface area contributed by atoms with Gasteiger partial charge >= 0.3 is 0 Å². The van der Waals surface area contributed by atoms with Crippen molar-refractivity contribution in [3.05, 3.63) is 0 Å². The minimum Gasteiger partial charge on any atom is -0.305 e. The molecule has 0 saturated heterocycles. The van der Waals surface area contributed by atoms with Crippen LogP contribution in [0.1, 0.15) is 84.0 Å². The molecule has 0 radical (unpaired) electrons. The molecule has 0 spiro atoms. The monoisotopic (exact) mass is 249 g/mol. The van der Waals surface area contributed by atoms with Crippen molar-refractivity contribution in [2.75, 3.05) is 6.61 Å². The largest absolute Gasteiger partial charge is 0.305 e. The van der Waals surface area contributed by atoms with Crippen molar-refractivity contribution in [1.29, 1.82) is 0 Å². The van der Waals surface area contributed by atoms with Gasteiger partial charge in [0.25, 0.3) is 0 Å². The third-order valence-corrected chi connectivity index (χ3v) is 3.12. The first-order chi connectivity index (χ1) is 7.91. The Morgan fingerprint density at radius 1 is 0.647 bits per heavy atom. The molecule has 106 valence electrons. The molecule has 2 nitrogen and oxygen atoms in total. The van der Waals surface area contributed by atoms with Gasteiger partial charge in [-0.05, 0) is 6.42 Å². The first-order valence-electron chi connectivity index (χ1n) is 7.23. The molecule has 0 amide bonds. The number of nitrogens with two attached hydrogens (primary N) is 1. The Bertz CT molecular complexity index is 109. The topological polar surface area (TPSA) is 35.2 Å². The van der Waals surface area contributed by atoms with Crippen molar-refractivity contribution in [2.45, 2.75) is 84.0 Å². The lowest BCUT2D eigenvalue weighted by Gasteiger charge is -2.02. The Hall–Kier alpha value is -0.150. The number of hydrogen-bond donors (Lipinski definition) is 1. The van der Waals surface area contributed by atoms with E-state index in [0.29, 0.717) is 0 Å². The highest BCUT2D eigenvalue weighted by Gasteiger charge is 1.93. The summed E-state index contributed by atoms with van der Waals surface area (Å²) in [4.78, 5) is 4.53. The number of halogens is 1. The average Bonchev–Trinajstić information content (AvgIpc) is 2.31. The first kappa shape index (κ1) is 19.2. The van der Waals surface area contributed by atoms with E-state index in [1.165, 1.54) is 70.6 Å². The maximum atomic E-state index is 4.96. The molecule has 0 fully saturated rings. The molecular weight excluding hydrogens is 217 g/mol. The summed E-state index contributed by atoms with van der Waals surface area (Å²) in [6.45, 7) is 2.99. The van der Waals surface area contributed by atoms with Crippen LogP contribution in [0.25, 0.3) is 0 Å². The molecule has 0 unspecified atom stereocenters. The number of unbranched alkanes of at least 4 members (excludes halogenated alkanes) is 11. The van der Waals surface area contributed by atoms with Gasteiger partial charge in [0.2, 0.25) is 0 Å². The van der Waals surface area contributed by atoms with Crippen molar-refractivity contribution in [1.82, 2.24) is 0 Å². The second-order valence-electron chi connectivity index (χ2n) is 4.76. The molecule has 0 rings (SSSR count). The maximum absolute atomic E-state index is 4.96. The van der Waals surface area contributed by atoms with Crippen molar-refractivity contribution >= 4 is 0 Å². The van der Waals surface area contributed by atoms with E-state index >= 15 is 0 Å². The van der Waals surface area contributed by atoms with Gasteiger partial charge in [0, 0.05) is 0 Å². The summed E-state index contributed by atoms with van der Waals surface area (Å²) in [5.74, 6) is 4.96. The average molecular weight is 249 g/mol.